The van der Waals surface area contributed by atoms with Crippen LogP contribution in [0.2, 0.25) is 0 Å². The van der Waals surface area contributed by atoms with E-state index in [4.69, 9.17) is 9.26 Å². The molecule has 0 atom stereocenters. The van der Waals surface area contributed by atoms with Crippen molar-refractivity contribution < 1.29 is 14.1 Å². The quantitative estimate of drug-likeness (QED) is 0.730. The highest BCUT2D eigenvalue weighted by Gasteiger charge is 2.32. The number of nitrogens with zero attached hydrogens (tertiary/aromatic N) is 3. The zero-order valence-corrected chi connectivity index (χ0v) is 15.0. The number of nitrogens with one attached hydrogen (secondary N) is 2. The fourth-order valence-electron chi connectivity index (χ4n) is 3.19. The molecule has 1 saturated heterocycles. The van der Waals surface area contributed by atoms with Gasteiger partial charge in [0.1, 0.15) is 5.69 Å². The lowest BCUT2D eigenvalue weighted by atomic mass is 9.79. The third-order valence-electron chi connectivity index (χ3n) is 4.70. The Hall–Kier alpha value is -2.32. The summed E-state index contributed by atoms with van der Waals surface area (Å²) in [7, 11) is 1.71. The Kier molecular flexibility index (Phi) is 6.30. The van der Waals surface area contributed by atoms with Gasteiger partial charge in [-0.05, 0) is 38.1 Å². The zero-order valence-electron chi connectivity index (χ0n) is 15.0. The Balaban J connectivity index is 1.47. The lowest BCUT2D eigenvalue weighted by Crippen LogP contribution is -2.47. The molecule has 1 aliphatic heterocycles. The highest BCUT2D eigenvalue weighted by atomic mass is 16.5. The summed E-state index contributed by atoms with van der Waals surface area (Å²) in [5.74, 6) is 0.862. The second kappa shape index (κ2) is 8.86. The summed E-state index contributed by atoms with van der Waals surface area (Å²) in [6.45, 7) is 3.20. The molecule has 1 aliphatic rings. The van der Waals surface area contributed by atoms with Crippen LogP contribution in [0.4, 0.5) is 0 Å². The number of carbonyl (C=O) groups excluding carboxylic acids is 1. The summed E-state index contributed by atoms with van der Waals surface area (Å²) in [4.78, 5) is 20.7. The smallest absolute Gasteiger partial charge is 0.227 e. The lowest BCUT2D eigenvalue weighted by Gasteiger charge is -2.37. The van der Waals surface area contributed by atoms with Gasteiger partial charge < -0.3 is 19.9 Å². The average molecular weight is 359 g/mol. The Morgan fingerprint density at radius 2 is 2.23 bits per heavy atom. The van der Waals surface area contributed by atoms with Gasteiger partial charge in [0.15, 0.2) is 0 Å². The van der Waals surface area contributed by atoms with Gasteiger partial charge in [-0.2, -0.15) is 4.98 Å². The highest BCUT2D eigenvalue weighted by Crippen LogP contribution is 2.28. The lowest BCUT2D eigenvalue weighted by molar-refractivity contribution is -0.122. The molecule has 0 radical (unpaired) electrons. The molecular weight excluding hydrogens is 334 g/mol. The van der Waals surface area contributed by atoms with Crippen LogP contribution in [0.5, 0.6) is 0 Å². The van der Waals surface area contributed by atoms with Crippen molar-refractivity contribution in [3.8, 4) is 11.5 Å². The Labute approximate surface area is 152 Å². The van der Waals surface area contributed by atoms with Crippen LogP contribution in [0.1, 0.15) is 25.2 Å². The molecule has 26 heavy (non-hydrogen) atoms. The maximum atomic E-state index is 12.2. The van der Waals surface area contributed by atoms with E-state index in [-0.39, 0.29) is 11.3 Å². The van der Waals surface area contributed by atoms with Gasteiger partial charge in [-0.3, -0.25) is 9.78 Å². The van der Waals surface area contributed by atoms with E-state index in [1.165, 1.54) is 0 Å². The second-order valence-electron chi connectivity index (χ2n) is 6.69. The maximum Gasteiger partial charge on any atom is 0.227 e. The van der Waals surface area contributed by atoms with Crippen LogP contribution in [-0.2, 0) is 16.0 Å². The van der Waals surface area contributed by atoms with Crippen LogP contribution in [0, 0.1) is 5.41 Å². The highest BCUT2D eigenvalue weighted by molar-refractivity contribution is 5.76. The molecule has 8 nitrogen and oxygen atoms in total. The summed E-state index contributed by atoms with van der Waals surface area (Å²) in [6, 6.07) is 5.51. The Bertz CT molecular complexity index is 692. The third kappa shape index (κ3) is 4.86. The minimum absolute atomic E-state index is 0.0170. The van der Waals surface area contributed by atoms with Crippen molar-refractivity contribution >= 4 is 5.91 Å². The summed E-state index contributed by atoms with van der Waals surface area (Å²) in [5.41, 5.74) is 0.672. The summed E-state index contributed by atoms with van der Waals surface area (Å²) in [5, 5.41) is 10.3. The van der Waals surface area contributed by atoms with Crippen molar-refractivity contribution in [3.63, 3.8) is 0 Å². The van der Waals surface area contributed by atoms with Gasteiger partial charge in [-0.25, -0.2) is 0 Å². The number of carbonyl (C=O) groups is 1. The maximum absolute atomic E-state index is 12.2. The first-order chi connectivity index (χ1) is 12.7. The molecule has 3 rings (SSSR count). The molecule has 2 N–H and O–H groups in total. The van der Waals surface area contributed by atoms with Crippen LogP contribution in [0.3, 0.4) is 0 Å². The van der Waals surface area contributed by atoms with Gasteiger partial charge in [0, 0.05) is 38.1 Å². The van der Waals surface area contributed by atoms with Crippen molar-refractivity contribution in [1.82, 2.24) is 25.8 Å². The SMILES string of the molecule is COCC1(CNC(=O)CCc2nc(-c3ccccn3)no2)CCNCC1. The van der Waals surface area contributed by atoms with Crippen molar-refractivity contribution in [2.45, 2.75) is 25.7 Å². The van der Waals surface area contributed by atoms with Crippen LogP contribution in [-0.4, -0.2) is 54.4 Å². The number of hydrogen-bond acceptors (Lipinski definition) is 7. The minimum Gasteiger partial charge on any atom is -0.384 e. The van der Waals surface area contributed by atoms with E-state index >= 15 is 0 Å². The topological polar surface area (TPSA) is 102 Å². The molecule has 3 heterocycles. The Morgan fingerprint density at radius 1 is 1.38 bits per heavy atom. The van der Waals surface area contributed by atoms with Crippen molar-refractivity contribution in [2.75, 3.05) is 33.4 Å². The van der Waals surface area contributed by atoms with Crippen LogP contribution < -0.4 is 10.6 Å². The first kappa shape index (κ1) is 18.5. The standard InChI is InChI=1S/C18H25N5O3/c1-25-13-18(7-10-19-11-8-18)12-21-15(24)5-6-16-22-17(23-26-16)14-4-2-3-9-20-14/h2-4,9,19H,5-8,10-13H2,1H3,(H,21,24). The molecule has 2 aromatic heterocycles. The zero-order chi connectivity index (χ0) is 18.2. The Morgan fingerprint density at radius 3 is 2.96 bits per heavy atom. The van der Waals surface area contributed by atoms with Crippen LogP contribution in [0.25, 0.3) is 11.5 Å². The molecular formula is C18H25N5O3. The van der Waals surface area contributed by atoms with Gasteiger partial charge in [0.05, 0.1) is 6.61 Å². The average Bonchev–Trinajstić information content (AvgIpc) is 3.16. The first-order valence-electron chi connectivity index (χ1n) is 8.91. The van der Waals surface area contributed by atoms with E-state index in [0.29, 0.717) is 43.4 Å². The van der Waals surface area contributed by atoms with Crippen LogP contribution in [0.15, 0.2) is 28.9 Å². The van der Waals surface area contributed by atoms with Crippen LogP contribution >= 0.6 is 0 Å². The number of pyridine rings is 1. The van der Waals surface area contributed by atoms with Gasteiger partial charge in [0.25, 0.3) is 0 Å². The van der Waals surface area contributed by atoms with Crippen molar-refractivity contribution in [2.24, 2.45) is 5.41 Å². The third-order valence-corrected chi connectivity index (χ3v) is 4.70. The van der Waals surface area contributed by atoms with E-state index in [2.05, 4.69) is 25.8 Å². The molecule has 0 saturated carbocycles. The summed E-state index contributed by atoms with van der Waals surface area (Å²) < 4.78 is 10.6. The predicted molar refractivity (Wildman–Crippen MR) is 95.3 cm³/mol. The number of ether oxygens (including phenoxy) is 1. The predicted octanol–water partition coefficient (Wildman–Crippen LogP) is 1.20. The second-order valence-corrected chi connectivity index (χ2v) is 6.69. The molecule has 0 spiro atoms. The minimum atomic E-state index is -0.0170. The number of amides is 1. The van der Waals surface area contributed by atoms with E-state index < -0.39 is 0 Å². The molecule has 8 heteroatoms. The molecule has 0 aromatic carbocycles. The van der Waals surface area contributed by atoms with Crippen molar-refractivity contribution in [1.29, 1.82) is 0 Å². The summed E-state index contributed by atoms with van der Waals surface area (Å²) in [6.07, 6.45) is 4.39. The van der Waals surface area contributed by atoms with E-state index in [9.17, 15) is 4.79 Å². The summed E-state index contributed by atoms with van der Waals surface area (Å²) >= 11 is 0. The molecule has 0 unspecified atom stereocenters. The molecule has 1 fully saturated rings. The van der Waals surface area contributed by atoms with Gasteiger partial charge in [-0.1, -0.05) is 11.2 Å². The first-order valence-corrected chi connectivity index (χ1v) is 8.91. The monoisotopic (exact) mass is 359 g/mol. The molecule has 140 valence electrons. The molecule has 0 bridgehead atoms. The molecule has 1 amide bonds. The van der Waals surface area contributed by atoms with E-state index in [1.54, 1.807) is 13.3 Å². The van der Waals surface area contributed by atoms with Crippen molar-refractivity contribution in [3.05, 3.63) is 30.3 Å². The number of piperidine rings is 1. The molecule has 0 aliphatic carbocycles. The number of aromatic nitrogens is 3. The normalized spacial score (nSPS) is 16.3. The number of hydrogen-bond donors (Lipinski definition) is 2. The van der Waals surface area contributed by atoms with Gasteiger partial charge >= 0.3 is 0 Å². The number of rotatable bonds is 8. The number of aryl methyl sites for hydroxylation is 1. The number of methoxy groups -OCH3 is 1. The largest absolute Gasteiger partial charge is 0.384 e. The van der Waals surface area contributed by atoms with E-state index in [1.807, 2.05) is 18.2 Å². The van der Waals surface area contributed by atoms with E-state index in [0.717, 1.165) is 25.9 Å². The van der Waals surface area contributed by atoms with Gasteiger partial charge in [-0.15, -0.1) is 0 Å². The fourth-order valence-corrected chi connectivity index (χ4v) is 3.19. The fraction of sp³-hybridized carbons (Fsp3) is 0.556. The van der Waals surface area contributed by atoms with Gasteiger partial charge in [0.2, 0.25) is 17.6 Å². The molecule has 2 aromatic rings.